The SMILES string of the molecule is O=C(Nc1cc(F)ccc1Oc1ccccc1)N(CCO)Cc1ccsc1. The number of aliphatic hydroxyl groups excluding tert-OH is 1. The van der Waals surface area contributed by atoms with Gasteiger partial charge in [0.1, 0.15) is 11.6 Å². The number of ether oxygens (including phenoxy) is 1. The highest BCUT2D eigenvalue weighted by molar-refractivity contribution is 7.07. The second-order valence-electron chi connectivity index (χ2n) is 5.76. The molecule has 0 spiro atoms. The number of hydrogen-bond donors (Lipinski definition) is 2. The van der Waals surface area contributed by atoms with Crippen LogP contribution in [0.1, 0.15) is 5.56 Å². The van der Waals surface area contributed by atoms with Gasteiger partial charge in [0.2, 0.25) is 0 Å². The second kappa shape index (κ2) is 9.16. The van der Waals surface area contributed by atoms with Crippen molar-refractivity contribution >= 4 is 23.1 Å². The van der Waals surface area contributed by atoms with Crippen LogP contribution in [-0.4, -0.2) is 29.2 Å². The fourth-order valence-electron chi connectivity index (χ4n) is 2.47. The first-order valence-electron chi connectivity index (χ1n) is 8.36. The van der Waals surface area contributed by atoms with Gasteiger partial charge in [-0.2, -0.15) is 11.3 Å². The molecule has 3 rings (SSSR count). The number of rotatable bonds is 7. The quantitative estimate of drug-likeness (QED) is 0.618. The molecule has 27 heavy (non-hydrogen) atoms. The van der Waals surface area contributed by atoms with Crippen molar-refractivity contribution in [2.24, 2.45) is 0 Å². The molecule has 2 amide bonds. The Morgan fingerprint density at radius 2 is 2.00 bits per heavy atom. The number of urea groups is 1. The van der Waals surface area contributed by atoms with E-state index in [0.29, 0.717) is 18.0 Å². The van der Waals surface area contributed by atoms with Crippen molar-refractivity contribution in [3.05, 3.63) is 76.7 Å². The summed E-state index contributed by atoms with van der Waals surface area (Å²) in [4.78, 5) is 14.1. The van der Waals surface area contributed by atoms with Crippen LogP contribution >= 0.6 is 11.3 Å². The lowest BCUT2D eigenvalue weighted by Gasteiger charge is -2.22. The monoisotopic (exact) mass is 386 g/mol. The topological polar surface area (TPSA) is 61.8 Å². The first-order chi connectivity index (χ1) is 13.2. The number of halogens is 1. The van der Waals surface area contributed by atoms with Gasteiger partial charge in [-0.3, -0.25) is 0 Å². The van der Waals surface area contributed by atoms with Crippen molar-refractivity contribution < 1.29 is 19.0 Å². The first-order valence-corrected chi connectivity index (χ1v) is 9.30. The first kappa shape index (κ1) is 18.9. The predicted octanol–water partition coefficient (Wildman–Crippen LogP) is 4.71. The van der Waals surface area contributed by atoms with E-state index in [1.807, 2.05) is 35.0 Å². The molecule has 2 N–H and O–H groups in total. The minimum Gasteiger partial charge on any atom is -0.455 e. The van der Waals surface area contributed by atoms with E-state index in [-0.39, 0.29) is 18.8 Å². The number of nitrogens with one attached hydrogen (secondary N) is 1. The van der Waals surface area contributed by atoms with Crippen molar-refractivity contribution in [1.82, 2.24) is 4.90 Å². The molecular weight excluding hydrogens is 367 g/mol. The molecule has 7 heteroatoms. The van der Waals surface area contributed by atoms with Crippen molar-refractivity contribution in [2.45, 2.75) is 6.54 Å². The second-order valence-corrected chi connectivity index (χ2v) is 6.54. The van der Waals surface area contributed by atoms with Crippen LogP contribution in [0.15, 0.2) is 65.4 Å². The molecular formula is C20H19FN2O3S. The van der Waals surface area contributed by atoms with E-state index < -0.39 is 11.8 Å². The molecule has 0 radical (unpaired) electrons. The maximum absolute atomic E-state index is 13.7. The summed E-state index contributed by atoms with van der Waals surface area (Å²) in [5, 5.41) is 15.8. The molecule has 0 saturated heterocycles. The Bertz CT molecular complexity index is 872. The molecule has 1 heterocycles. The Balaban J connectivity index is 1.78. The number of carbonyl (C=O) groups is 1. The minimum absolute atomic E-state index is 0.159. The molecule has 0 bridgehead atoms. The highest BCUT2D eigenvalue weighted by Crippen LogP contribution is 2.30. The number of hydrogen-bond acceptors (Lipinski definition) is 4. The summed E-state index contributed by atoms with van der Waals surface area (Å²) in [5.41, 5.74) is 1.18. The molecule has 2 aromatic carbocycles. The third kappa shape index (κ3) is 5.29. The molecule has 0 aliphatic rings. The molecule has 0 unspecified atom stereocenters. The van der Waals surface area contributed by atoms with Crippen molar-refractivity contribution in [2.75, 3.05) is 18.5 Å². The molecule has 3 aromatic rings. The number of anilines is 1. The van der Waals surface area contributed by atoms with Crippen LogP contribution in [0.25, 0.3) is 0 Å². The zero-order valence-corrected chi connectivity index (χ0v) is 15.3. The van der Waals surface area contributed by atoms with Crippen LogP contribution in [0, 0.1) is 5.82 Å². The Kier molecular flexibility index (Phi) is 6.40. The average Bonchev–Trinajstić information content (AvgIpc) is 3.17. The number of amides is 2. The smallest absolute Gasteiger partial charge is 0.322 e. The van der Waals surface area contributed by atoms with E-state index in [4.69, 9.17) is 4.74 Å². The maximum Gasteiger partial charge on any atom is 0.322 e. The Morgan fingerprint density at radius 3 is 2.70 bits per heavy atom. The molecule has 0 atom stereocenters. The maximum atomic E-state index is 13.7. The Hall–Kier alpha value is -2.90. The summed E-state index contributed by atoms with van der Waals surface area (Å²) < 4.78 is 19.5. The zero-order chi connectivity index (χ0) is 19.1. The molecule has 0 aliphatic carbocycles. The Labute approximate surface area is 160 Å². The number of benzene rings is 2. The van der Waals surface area contributed by atoms with Crippen LogP contribution in [-0.2, 0) is 6.54 Å². The van der Waals surface area contributed by atoms with Crippen LogP contribution in [0.4, 0.5) is 14.9 Å². The molecule has 140 valence electrons. The number of carbonyl (C=O) groups excluding carboxylic acids is 1. The minimum atomic E-state index is -0.489. The number of nitrogens with zero attached hydrogens (tertiary/aromatic N) is 1. The highest BCUT2D eigenvalue weighted by atomic mass is 32.1. The van der Waals surface area contributed by atoms with Gasteiger partial charge < -0.3 is 20.1 Å². The molecule has 0 saturated carbocycles. The van der Waals surface area contributed by atoms with Gasteiger partial charge >= 0.3 is 6.03 Å². The predicted molar refractivity (Wildman–Crippen MR) is 104 cm³/mol. The summed E-state index contributed by atoms with van der Waals surface area (Å²) >= 11 is 1.53. The van der Waals surface area contributed by atoms with Crippen molar-refractivity contribution in [3.63, 3.8) is 0 Å². The van der Waals surface area contributed by atoms with E-state index in [2.05, 4.69) is 5.32 Å². The van der Waals surface area contributed by atoms with Gasteiger partial charge in [-0.05, 0) is 46.7 Å². The summed E-state index contributed by atoms with van der Waals surface area (Å²) in [6.07, 6.45) is 0. The fraction of sp³-hybridized carbons (Fsp3) is 0.150. The van der Waals surface area contributed by atoms with Crippen molar-refractivity contribution in [3.8, 4) is 11.5 Å². The summed E-state index contributed by atoms with van der Waals surface area (Å²) in [6.45, 7) is 0.333. The van der Waals surface area contributed by atoms with Crippen LogP contribution < -0.4 is 10.1 Å². The van der Waals surface area contributed by atoms with Gasteiger partial charge in [-0.15, -0.1) is 0 Å². The fourth-order valence-corrected chi connectivity index (χ4v) is 3.13. The van der Waals surface area contributed by atoms with E-state index in [9.17, 15) is 14.3 Å². The Morgan fingerprint density at radius 1 is 1.19 bits per heavy atom. The van der Waals surface area contributed by atoms with E-state index in [0.717, 1.165) is 5.56 Å². The van der Waals surface area contributed by atoms with Gasteiger partial charge in [0.25, 0.3) is 0 Å². The molecule has 0 fully saturated rings. The van der Waals surface area contributed by atoms with Gasteiger partial charge in [-0.25, -0.2) is 9.18 Å². The zero-order valence-electron chi connectivity index (χ0n) is 14.5. The number of thiophene rings is 1. The normalized spacial score (nSPS) is 10.4. The van der Waals surface area contributed by atoms with E-state index in [1.54, 1.807) is 12.1 Å². The van der Waals surface area contributed by atoms with Gasteiger partial charge in [0.05, 0.1) is 12.3 Å². The largest absolute Gasteiger partial charge is 0.455 e. The van der Waals surface area contributed by atoms with E-state index >= 15 is 0 Å². The lowest BCUT2D eigenvalue weighted by molar-refractivity contribution is 0.185. The molecule has 1 aromatic heterocycles. The lowest BCUT2D eigenvalue weighted by Crippen LogP contribution is -2.36. The van der Waals surface area contributed by atoms with Gasteiger partial charge in [0.15, 0.2) is 5.75 Å². The molecule has 5 nitrogen and oxygen atoms in total. The standard InChI is InChI=1S/C20H19FN2O3S/c21-16-6-7-19(26-17-4-2-1-3-5-17)18(12-16)22-20(25)23(9-10-24)13-15-8-11-27-14-15/h1-8,11-12,14,24H,9-10,13H2,(H,22,25). The van der Waals surface area contributed by atoms with Gasteiger partial charge in [0, 0.05) is 19.2 Å². The van der Waals surface area contributed by atoms with Crippen LogP contribution in [0.5, 0.6) is 11.5 Å². The number of para-hydroxylation sites is 1. The van der Waals surface area contributed by atoms with Crippen LogP contribution in [0.2, 0.25) is 0 Å². The summed E-state index contributed by atoms with van der Waals surface area (Å²) in [5.74, 6) is 0.415. The number of aliphatic hydroxyl groups is 1. The highest BCUT2D eigenvalue weighted by Gasteiger charge is 2.17. The van der Waals surface area contributed by atoms with Crippen LogP contribution in [0.3, 0.4) is 0 Å². The van der Waals surface area contributed by atoms with Crippen molar-refractivity contribution in [1.29, 1.82) is 0 Å². The third-order valence-corrected chi connectivity index (χ3v) is 4.50. The van der Waals surface area contributed by atoms with E-state index in [1.165, 1.54) is 34.4 Å². The third-order valence-electron chi connectivity index (χ3n) is 3.76. The average molecular weight is 386 g/mol. The summed E-state index contributed by atoms with van der Waals surface area (Å²) in [7, 11) is 0. The lowest BCUT2D eigenvalue weighted by atomic mass is 10.2. The summed E-state index contributed by atoms with van der Waals surface area (Å²) in [6, 6.07) is 14.4. The van der Waals surface area contributed by atoms with Gasteiger partial charge in [-0.1, -0.05) is 18.2 Å². The molecule has 0 aliphatic heterocycles.